The molecular weight excluding hydrogens is 368 g/mol. The van der Waals surface area contributed by atoms with E-state index in [1.54, 1.807) is 35.4 Å². The second kappa shape index (κ2) is 7.96. The molecule has 0 saturated heterocycles. The third-order valence-corrected chi connectivity index (χ3v) is 4.57. The maximum atomic E-state index is 12.8. The molecule has 0 fully saturated rings. The Labute approximate surface area is 167 Å². The molecule has 0 aliphatic carbocycles. The van der Waals surface area contributed by atoms with Crippen molar-refractivity contribution in [2.24, 2.45) is 0 Å². The number of aliphatic hydroxyl groups excluding tert-OH is 1. The van der Waals surface area contributed by atoms with Gasteiger partial charge in [-0.05, 0) is 29.8 Å². The number of anilines is 4. The summed E-state index contributed by atoms with van der Waals surface area (Å²) in [5.74, 6) is 0.578. The van der Waals surface area contributed by atoms with E-state index in [0.717, 1.165) is 11.3 Å². The topological polar surface area (TPSA) is 114 Å². The van der Waals surface area contributed by atoms with Gasteiger partial charge in [0.2, 0.25) is 5.95 Å². The average molecular weight is 386 g/mol. The van der Waals surface area contributed by atoms with Gasteiger partial charge < -0.3 is 20.6 Å². The molecule has 1 aliphatic rings. The number of aliphatic hydroxyl groups is 1. The fraction of sp³-hybridized carbons (Fsp3) is 0.143. The predicted octanol–water partition coefficient (Wildman–Crippen LogP) is 2.41. The summed E-state index contributed by atoms with van der Waals surface area (Å²) in [4.78, 5) is 23.2. The van der Waals surface area contributed by atoms with Gasteiger partial charge in [-0.2, -0.15) is 10.2 Å². The monoisotopic (exact) mass is 386 g/mol. The summed E-state index contributed by atoms with van der Waals surface area (Å²) in [6, 6.07) is 17.8. The standard InChI is InChI=1S/C21H18N6O2/c22-10-14-6-8-15(9-7-14)12-27-18-11-23-21(24-16-4-2-1-3-5-16)26-19(18)25-17(13-28)20(27)29/h1-9,11,17,28H,12-13H2,(H2,23,24,25,26)/t17-/m0/s1. The Kier molecular flexibility index (Phi) is 5.05. The zero-order valence-electron chi connectivity index (χ0n) is 15.4. The SMILES string of the molecule is N#Cc1ccc(CN2C(=O)[C@H](CO)Nc3nc(Nc4ccccc4)ncc32)cc1. The van der Waals surface area contributed by atoms with Crippen molar-refractivity contribution in [2.75, 3.05) is 22.1 Å². The van der Waals surface area contributed by atoms with E-state index in [9.17, 15) is 9.90 Å². The number of rotatable bonds is 5. The van der Waals surface area contributed by atoms with E-state index < -0.39 is 6.04 Å². The Hall–Kier alpha value is -3.96. The lowest BCUT2D eigenvalue weighted by Crippen LogP contribution is -2.49. The van der Waals surface area contributed by atoms with Crippen LogP contribution in [0.25, 0.3) is 0 Å². The van der Waals surface area contributed by atoms with Crippen LogP contribution in [0.1, 0.15) is 11.1 Å². The molecule has 1 amide bonds. The number of nitrogens with zero attached hydrogens (tertiary/aromatic N) is 4. The first-order valence-electron chi connectivity index (χ1n) is 9.05. The van der Waals surface area contributed by atoms with Gasteiger partial charge in [-0.1, -0.05) is 30.3 Å². The van der Waals surface area contributed by atoms with Crippen LogP contribution < -0.4 is 15.5 Å². The van der Waals surface area contributed by atoms with E-state index in [0.29, 0.717) is 23.0 Å². The van der Waals surface area contributed by atoms with E-state index in [-0.39, 0.29) is 19.1 Å². The fourth-order valence-electron chi connectivity index (χ4n) is 3.08. The highest BCUT2D eigenvalue weighted by atomic mass is 16.3. The molecule has 0 unspecified atom stereocenters. The zero-order valence-corrected chi connectivity index (χ0v) is 15.4. The molecule has 8 heteroatoms. The minimum atomic E-state index is -0.791. The van der Waals surface area contributed by atoms with Gasteiger partial charge in [-0.3, -0.25) is 4.79 Å². The molecular formula is C21H18N6O2. The summed E-state index contributed by atoms with van der Waals surface area (Å²) in [7, 11) is 0. The maximum Gasteiger partial charge on any atom is 0.252 e. The normalized spacial score (nSPS) is 15.2. The van der Waals surface area contributed by atoms with Crippen LogP contribution >= 0.6 is 0 Å². The van der Waals surface area contributed by atoms with Crippen molar-refractivity contribution in [3.8, 4) is 6.07 Å². The van der Waals surface area contributed by atoms with Gasteiger partial charge in [0.25, 0.3) is 5.91 Å². The first kappa shape index (κ1) is 18.4. The lowest BCUT2D eigenvalue weighted by atomic mass is 10.1. The van der Waals surface area contributed by atoms with Gasteiger partial charge in [-0.15, -0.1) is 0 Å². The molecule has 8 nitrogen and oxygen atoms in total. The van der Waals surface area contributed by atoms with Crippen LogP contribution in [0.4, 0.5) is 23.1 Å². The Morgan fingerprint density at radius 2 is 1.93 bits per heavy atom. The van der Waals surface area contributed by atoms with Crippen molar-refractivity contribution < 1.29 is 9.90 Å². The summed E-state index contributed by atoms with van der Waals surface area (Å²) in [6.45, 7) is -0.0713. The molecule has 1 atom stereocenters. The van der Waals surface area contributed by atoms with Crippen molar-refractivity contribution in [1.82, 2.24) is 9.97 Å². The van der Waals surface area contributed by atoms with Gasteiger partial charge in [0.1, 0.15) is 11.7 Å². The summed E-state index contributed by atoms with van der Waals surface area (Å²) in [5.41, 5.74) is 2.78. The number of nitrogens with one attached hydrogen (secondary N) is 2. The first-order chi connectivity index (χ1) is 14.2. The van der Waals surface area contributed by atoms with Crippen LogP contribution in [0.2, 0.25) is 0 Å². The van der Waals surface area contributed by atoms with Crippen molar-refractivity contribution in [3.05, 3.63) is 71.9 Å². The quantitative estimate of drug-likeness (QED) is 0.617. The second-order valence-electron chi connectivity index (χ2n) is 6.53. The molecule has 1 aromatic heterocycles. The number of hydrogen-bond acceptors (Lipinski definition) is 7. The van der Waals surface area contributed by atoms with E-state index >= 15 is 0 Å². The highest BCUT2D eigenvalue weighted by Gasteiger charge is 2.33. The number of fused-ring (bicyclic) bond motifs is 1. The lowest BCUT2D eigenvalue weighted by molar-refractivity contribution is -0.120. The van der Waals surface area contributed by atoms with E-state index in [4.69, 9.17) is 5.26 Å². The Morgan fingerprint density at radius 1 is 1.17 bits per heavy atom. The molecule has 2 aromatic carbocycles. The predicted molar refractivity (Wildman–Crippen MR) is 109 cm³/mol. The summed E-state index contributed by atoms with van der Waals surface area (Å²) in [5, 5.41) is 24.7. The summed E-state index contributed by atoms with van der Waals surface area (Å²) < 4.78 is 0. The van der Waals surface area contributed by atoms with Gasteiger partial charge in [0.05, 0.1) is 31.0 Å². The molecule has 2 heterocycles. The molecule has 29 heavy (non-hydrogen) atoms. The Morgan fingerprint density at radius 3 is 2.62 bits per heavy atom. The number of aromatic nitrogens is 2. The van der Waals surface area contributed by atoms with Crippen LogP contribution in [0.3, 0.4) is 0 Å². The third kappa shape index (κ3) is 3.85. The Balaban J connectivity index is 1.64. The molecule has 1 aliphatic heterocycles. The maximum absolute atomic E-state index is 12.8. The minimum Gasteiger partial charge on any atom is -0.394 e. The number of carbonyl (C=O) groups excluding carboxylic acids is 1. The number of nitriles is 1. The molecule has 0 spiro atoms. The largest absolute Gasteiger partial charge is 0.394 e. The van der Waals surface area contributed by atoms with Gasteiger partial charge >= 0.3 is 0 Å². The molecule has 4 rings (SSSR count). The molecule has 0 radical (unpaired) electrons. The fourth-order valence-corrected chi connectivity index (χ4v) is 3.08. The van der Waals surface area contributed by atoms with E-state index in [1.165, 1.54) is 0 Å². The highest BCUT2D eigenvalue weighted by Crippen LogP contribution is 2.31. The average Bonchev–Trinajstić information content (AvgIpc) is 2.76. The number of carbonyl (C=O) groups is 1. The molecule has 3 aromatic rings. The number of amides is 1. The van der Waals surface area contributed by atoms with Crippen molar-refractivity contribution in [2.45, 2.75) is 12.6 Å². The smallest absolute Gasteiger partial charge is 0.252 e. The third-order valence-electron chi connectivity index (χ3n) is 4.57. The molecule has 0 bridgehead atoms. The van der Waals surface area contributed by atoms with Crippen molar-refractivity contribution in [1.29, 1.82) is 5.26 Å². The summed E-state index contributed by atoms with van der Waals surface area (Å²) >= 11 is 0. The zero-order chi connectivity index (χ0) is 20.2. The lowest BCUT2D eigenvalue weighted by Gasteiger charge is -2.33. The van der Waals surface area contributed by atoms with E-state index in [1.807, 2.05) is 30.3 Å². The second-order valence-corrected chi connectivity index (χ2v) is 6.53. The summed E-state index contributed by atoms with van der Waals surface area (Å²) in [6.07, 6.45) is 1.58. The number of para-hydroxylation sites is 1. The molecule has 3 N–H and O–H groups in total. The first-order valence-corrected chi connectivity index (χ1v) is 9.05. The van der Waals surface area contributed by atoms with Crippen LogP contribution in [0.5, 0.6) is 0 Å². The van der Waals surface area contributed by atoms with Crippen LogP contribution in [-0.4, -0.2) is 33.6 Å². The Bertz CT molecular complexity index is 1060. The van der Waals surface area contributed by atoms with Gasteiger partial charge in [0, 0.05) is 5.69 Å². The van der Waals surface area contributed by atoms with Crippen LogP contribution in [0, 0.1) is 11.3 Å². The van der Waals surface area contributed by atoms with E-state index in [2.05, 4.69) is 26.7 Å². The number of benzene rings is 2. The van der Waals surface area contributed by atoms with Crippen LogP contribution in [0.15, 0.2) is 60.8 Å². The van der Waals surface area contributed by atoms with Gasteiger partial charge in [0.15, 0.2) is 5.82 Å². The van der Waals surface area contributed by atoms with Crippen molar-refractivity contribution >= 4 is 29.0 Å². The molecule has 144 valence electrons. The number of hydrogen-bond donors (Lipinski definition) is 3. The van der Waals surface area contributed by atoms with Gasteiger partial charge in [-0.25, -0.2) is 4.98 Å². The van der Waals surface area contributed by atoms with Crippen molar-refractivity contribution in [3.63, 3.8) is 0 Å². The highest BCUT2D eigenvalue weighted by molar-refractivity contribution is 6.04. The van der Waals surface area contributed by atoms with Crippen LogP contribution in [-0.2, 0) is 11.3 Å². The minimum absolute atomic E-state index is 0.267. The molecule has 0 saturated carbocycles.